The number of fused-ring (bicyclic) bond motifs is 1. The monoisotopic (exact) mass is 420 g/mol. The van der Waals surface area contributed by atoms with Crippen LogP contribution < -0.4 is 21.9 Å². The van der Waals surface area contributed by atoms with Crippen molar-refractivity contribution in [3.05, 3.63) is 92.1 Å². The van der Waals surface area contributed by atoms with E-state index in [0.29, 0.717) is 11.1 Å². The van der Waals surface area contributed by atoms with Gasteiger partial charge in [0.05, 0.1) is 12.1 Å². The van der Waals surface area contributed by atoms with Gasteiger partial charge in [0.25, 0.3) is 11.5 Å². The first kappa shape index (κ1) is 20.1. The number of anilines is 2. The molecule has 1 aliphatic rings. The average molecular weight is 420 g/mol. The molecule has 3 N–H and O–H groups in total. The topological polar surface area (TPSA) is 127 Å². The number of aromatic nitrogens is 2. The van der Waals surface area contributed by atoms with Crippen LogP contribution in [-0.4, -0.2) is 34.6 Å². The number of ether oxygens (including phenoxy) is 1. The number of carbonyl (C=O) groups excluding carboxylic acids is 2. The van der Waals surface area contributed by atoms with Crippen molar-refractivity contribution in [1.82, 2.24) is 9.55 Å². The molecule has 0 radical (unpaired) electrons. The van der Waals surface area contributed by atoms with E-state index in [9.17, 15) is 19.2 Å². The van der Waals surface area contributed by atoms with Gasteiger partial charge < -0.3 is 15.4 Å². The summed E-state index contributed by atoms with van der Waals surface area (Å²) in [5.41, 5.74) is 6.35. The van der Waals surface area contributed by atoms with Crippen LogP contribution in [0.1, 0.15) is 21.5 Å². The molecule has 2 aromatic carbocycles. The molecule has 3 aromatic rings. The number of benzene rings is 2. The zero-order valence-electron chi connectivity index (χ0n) is 16.7. The number of carbonyl (C=O) groups is 2. The zero-order chi connectivity index (χ0) is 22.1. The van der Waals surface area contributed by atoms with E-state index < -0.39 is 29.2 Å². The summed E-state index contributed by atoms with van der Waals surface area (Å²) in [7, 11) is 1.36. The van der Waals surface area contributed by atoms with Gasteiger partial charge in [-0.2, -0.15) is 0 Å². The highest BCUT2D eigenvalue weighted by Gasteiger charge is 2.34. The van der Waals surface area contributed by atoms with Gasteiger partial charge >= 0.3 is 11.7 Å². The summed E-state index contributed by atoms with van der Waals surface area (Å²) in [4.78, 5) is 53.4. The Morgan fingerprint density at radius 2 is 1.81 bits per heavy atom. The molecule has 158 valence electrons. The largest absolute Gasteiger partial charge is 0.448 e. The maximum atomic E-state index is 13.1. The van der Waals surface area contributed by atoms with Crippen molar-refractivity contribution >= 4 is 23.4 Å². The molecule has 1 aromatic heterocycles. The molecule has 0 fully saturated rings. The number of aromatic amines is 1. The number of nitrogen functional groups attached to an aromatic ring is 1. The normalized spacial score (nSPS) is 15.1. The summed E-state index contributed by atoms with van der Waals surface area (Å²) in [5, 5.41) is 0. The Bertz CT molecular complexity index is 1280. The Morgan fingerprint density at radius 1 is 1.13 bits per heavy atom. The van der Waals surface area contributed by atoms with Crippen LogP contribution in [0.25, 0.3) is 0 Å². The number of nitrogens with two attached hydrogens (primary N) is 1. The molecule has 9 heteroatoms. The molecule has 9 nitrogen and oxygen atoms in total. The van der Waals surface area contributed by atoms with Gasteiger partial charge in [0, 0.05) is 13.5 Å². The predicted molar refractivity (Wildman–Crippen MR) is 114 cm³/mol. The van der Waals surface area contributed by atoms with Gasteiger partial charge in [0.2, 0.25) is 0 Å². The number of esters is 1. The minimum absolute atomic E-state index is 0.114. The molecule has 1 amide bonds. The number of amides is 1. The van der Waals surface area contributed by atoms with Gasteiger partial charge in [0.1, 0.15) is 5.82 Å². The zero-order valence-corrected chi connectivity index (χ0v) is 16.7. The molecule has 0 bridgehead atoms. The highest BCUT2D eigenvalue weighted by molar-refractivity contribution is 6.02. The highest BCUT2D eigenvalue weighted by Crippen LogP contribution is 2.24. The Labute approximate surface area is 176 Å². The van der Waals surface area contributed by atoms with Crippen molar-refractivity contribution in [3.8, 4) is 0 Å². The summed E-state index contributed by atoms with van der Waals surface area (Å²) in [6, 6.07) is 15.9. The van der Waals surface area contributed by atoms with Crippen LogP contribution in [0.4, 0.5) is 11.5 Å². The number of cyclic esters (lactones) is 1. The highest BCUT2D eigenvalue weighted by atomic mass is 16.5. The number of rotatable bonds is 4. The lowest BCUT2D eigenvalue weighted by atomic mass is 9.98. The third-order valence-electron chi connectivity index (χ3n) is 5.23. The van der Waals surface area contributed by atoms with Crippen molar-refractivity contribution in [2.75, 3.05) is 17.7 Å². The van der Waals surface area contributed by atoms with Crippen LogP contribution in [0.15, 0.2) is 64.2 Å². The summed E-state index contributed by atoms with van der Waals surface area (Å²) in [6.07, 6.45) is -0.937. The quantitative estimate of drug-likeness (QED) is 0.604. The van der Waals surface area contributed by atoms with E-state index in [1.807, 2.05) is 30.3 Å². The predicted octanol–water partition coefficient (Wildman–Crippen LogP) is 0.912. The average Bonchev–Trinajstić information content (AvgIpc) is 2.76. The van der Waals surface area contributed by atoms with Crippen LogP contribution in [0.2, 0.25) is 0 Å². The Balaban J connectivity index is 1.67. The van der Waals surface area contributed by atoms with Gasteiger partial charge in [-0.25, -0.2) is 9.59 Å². The molecule has 4 rings (SSSR count). The second-order valence-electron chi connectivity index (χ2n) is 7.22. The smallest absolute Gasteiger partial charge is 0.339 e. The van der Waals surface area contributed by atoms with E-state index in [4.69, 9.17) is 10.5 Å². The van der Waals surface area contributed by atoms with E-state index in [-0.39, 0.29) is 24.5 Å². The summed E-state index contributed by atoms with van der Waals surface area (Å²) in [5.74, 6) is -1.38. The molecular weight excluding hydrogens is 400 g/mol. The van der Waals surface area contributed by atoms with Crippen molar-refractivity contribution in [2.24, 2.45) is 0 Å². The summed E-state index contributed by atoms with van der Waals surface area (Å²) < 4.78 is 6.47. The maximum absolute atomic E-state index is 13.1. The first-order chi connectivity index (χ1) is 14.9. The maximum Gasteiger partial charge on any atom is 0.339 e. The number of H-pyrrole nitrogens is 1. The van der Waals surface area contributed by atoms with Gasteiger partial charge in [-0.15, -0.1) is 0 Å². The summed E-state index contributed by atoms with van der Waals surface area (Å²) >= 11 is 0. The van der Waals surface area contributed by atoms with Crippen molar-refractivity contribution in [3.63, 3.8) is 0 Å². The van der Waals surface area contributed by atoms with Gasteiger partial charge in [0.15, 0.2) is 11.8 Å². The van der Waals surface area contributed by atoms with Crippen LogP contribution in [0.5, 0.6) is 0 Å². The molecule has 1 aliphatic heterocycles. The van der Waals surface area contributed by atoms with Gasteiger partial charge in [-0.3, -0.25) is 19.1 Å². The van der Waals surface area contributed by atoms with E-state index in [0.717, 1.165) is 10.5 Å². The Kier molecular flexibility index (Phi) is 5.16. The fourth-order valence-electron chi connectivity index (χ4n) is 3.62. The van der Waals surface area contributed by atoms with Crippen LogP contribution >= 0.6 is 0 Å². The number of nitrogens with one attached hydrogen (secondary N) is 1. The number of hydrogen-bond acceptors (Lipinski definition) is 6. The molecule has 0 saturated heterocycles. The third kappa shape index (κ3) is 3.73. The second-order valence-corrected chi connectivity index (χ2v) is 7.22. The van der Waals surface area contributed by atoms with E-state index in [2.05, 4.69) is 4.98 Å². The van der Waals surface area contributed by atoms with Gasteiger partial charge in [-0.05, 0) is 17.2 Å². The van der Waals surface area contributed by atoms with Crippen molar-refractivity contribution in [1.29, 1.82) is 0 Å². The molecule has 0 aliphatic carbocycles. The third-order valence-corrected chi connectivity index (χ3v) is 5.23. The Morgan fingerprint density at radius 3 is 2.55 bits per heavy atom. The molecule has 31 heavy (non-hydrogen) atoms. The molecular formula is C22H20N4O5. The van der Waals surface area contributed by atoms with Crippen LogP contribution in [0, 0.1) is 0 Å². The lowest BCUT2D eigenvalue weighted by Gasteiger charge is -2.28. The first-order valence-electron chi connectivity index (χ1n) is 9.59. The fraction of sp³-hybridized carbons (Fsp3) is 0.182. The number of nitrogens with zero attached hydrogens (tertiary/aromatic N) is 2. The molecule has 2 heterocycles. The van der Waals surface area contributed by atoms with E-state index in [1.165, 1.54) is 11.6 Å². The second kappa shape index (κ2) is 7.94. The van der Waals surface area contributed by atoms with Crippen LogP contribution in [0.3, 0.4) is 0 Å². The molecule has 0 spiro atoms. The number of hydrogen-bond donors (Lipinski definition) is 2. The van der Waals surface area contributed by atoms with E-state index >= 15 is 0 Å². The lowest BCUT2D eigenvalue weighted by Crippen LogP contribution is -2.46. The Hall–Kier alpha value is -4.14. The standard InChI is InChI=1S/C22H20N4O5/c1-25(20(28)16-11-14-9-5-6-10-15(14)21(29)31-16)17-18(23)26(22(30)24-19(17)27)12-13-7-3-2-4-8-13/h2-10,16H,11-12,23H2,1H3,(H,24,27,30)/t16-/m0/s1. The molecule has 0 unspecified atom stereocenters. The SMILES string of the molecule is CN(C(=O)[C@@H]1Cc2ccccc2C(=O)O1)c1c(N)n(Cc2ccccc2)c(=O)[nH]c1=O. The van der Waals surface area contributed by atoms with Crippen LogP contribution in [-0.2, 0) is 22.5 Å². The number of likely N-dealkylation sites (N-methyl/N-ethyl adjacent to an activating group) is 1. The van der Waals surface area contributed by atoms with E-state index in [1.54, 1.807) is 24.3 Å². The lowest BCUT2D eigenvalue weighted by molar-refractivity contribution is -0.127. The summed E-state index contributed by atoms with van der Waals surface area (Å²) in [6.45, 7) is 0.114. The first-order valence-corrected chi connectivity index (χ1v) is 9.59. The van der Waals surface area contributed by atoms with Gasteiger partial charge in [-0.1, -0.05) is 48.5 Å². The van der Waals surface area contributed by atoms with Crippen molar-refractivity contribution < 1.29 is 14.3 Å². The van der Waals surface area contributed by atoms with Crippen molar-refractivity contribution in [2.45, 2.75) is 19.1 Å². The minimum Gasteiger partial charge on any atom is -0.448 e. The fourth-order valence-corrected chi connectivity index (χ4v) is 3.62. The molecule has 0 saturated carbocycles. The minimum atomic E-state index is -1.11. The molecule has 1 atom stereocenters.